The summed E-state index contributed by atoms with van der Waals surface area (Å²) in [7, 11) is -3.64. The summed E-state index contributed by atoms with van der Waals surface area (Å²) >= 11 is 6.15. The van der Waals surface area contributed by atoms with E-state index in [1.807, 2.05) is 0 Å². The lowest BCUT2D eigenvalue weighted by Gasteiger charge is -2.24. The number of rotatable bonds is 7. The predicted octanol–water partition coefficient (Wildman–Crippen LogP) is 4.96. The third kappa shape index (κ3) is 6.27. The number of carbonyl (C=O) groups is 1. The average Bonchev–Trinajstić information content (AvgIpc) is 2.77. The Labute approximate surface area is 200 Å². The molecule has 180 valence electrons. The molecule has 0 radical (unpaired) electrons. The minimum Gasteiger partial charge on any atom is -0.348 e. The number of benzene rings is 2. The van der Waals surface area contributed by atoms with Crippen LogP contribution in [0.3, 0.4) is 0 Å². The molecule has 0 saturated heterocycles. The SMILES string of the molecule is Cc1c(Cl)cccc1CN(c1ccc(C(=O)NCc2ccc(C(F)(F)F)nc2)cc1)S(C)(=O)=O. The van der Waals surface area contributed by atoms with E-state index in [2.05, 4.69) is 10.3 Å². The molecule has 3 aromatic rings. The first-order chi connectivity index (χ1) is 15.9. The number of sulfonamides is 1. The highest BCUT2D eigenvalue weighted by Gasteiger charge is 2.32. The summed E-state index contributed by atoms with van der Waals surface area (Å²) in [5.74, 6) is -0.469. The first-order valence-corrected chi connectivity index (χ1v) is 12.2. The predicted molar refractivity (Wildman–Crippen MR) is 124 cm³/mol. The van der Waals surface area contributed by atoms with Gasteiger partial charge in [0, 0.05) is 23.3 Å². The van der Waals surface area contributed by atoms with Crippen LogP contribution in [0.5, 0.6) is 0 Å². The van der Waals surface area contributed by atoms with Crippen molar-refractivity contribution in [1.82, 2.24) is 10.3 Å². The third-order valence-corrected chi connectivity index (χ3v) is 6.63. The fraction of sp³-hybridized carbons (Fsp3) is 0.217. The van der Waals surface area contributed by atoms with Crippen molar-refractivity contribution in [1.29, 1.82) is 0 Å². The fourth-order valence-electron chi connectivity index (χ4n) is 3.14. The highest BCUT2D eigenvalue weighted by molar-refractivity contribution is 7.92. The van der Waals surface area contributed by atoms with E-state index >= 15 is 0 Å². The molecule has 1 N–H and O–H groups in total. The van der Waals surface area contributed by atoms with E-state index in [1.165, 1.54) is 34.6 Å². The van der Waals surface area contributed by atoms with E-state index in [0.717, 1.165) is 29.6 Å². The number of aromatic nitrogens is 1. The van der Waals surface area contributed by atoms with Gasteiger partial charge in [-0.2, -0.15) is 13.2 Å². The van der Waals surface area contributed by atoms with Crippen molar-refractivity contribution in [3.8, 4) is 0 Å². The molecule has 1 amide bonds. The van der Waals surface area contributed by atoms with Crippen molar-refractivity contribution in [3.05, 3.63) is 93.8 Å². The zero-order valence-electron chi connectivity index (χ0n) is 18.2. The van der Waals surface area contributed by atoms with Crippen LogP contribution in [0.25, 0.3) is 0 Å². The molecule has 1 aromatic heterocycles. The topological polar surface area (TPSA) is 79.4 Å². The number of hydrogen-bond donors (Lipinski definition) is 1. The summed E-state index contributed by atoms with van der Waals surface area (Å²) < 4.78 is 63.9. The summed E-state index contributed by atoms with van der Waals surface area (Å²) in [6.45, 7) is 1.85. The van der Waals surface area contributed by atoms with Gasteiger partial charge in [-0.25, -0.2) is 8.42 Å². The summed E-state index contributed by atoms with van der Waals surface area (Å²) in [5.41, 5.74) is 1.53. The lowest BCUT2D eigenvalue weighted by Crippen LogP contribution is -2.29. The minimum absolute atomic E-state index is 0.0186. The highest BCUT2D eigenvalue weighted by Crippen LogP contribution is 2.27. The van der Waals surface area contributed by atoms with Crippen molar-refractivity contribution in [2.45, 2.75) is 26.2 Å². The van der Waals surface area contributed by atoms with E-state index in [9.17, 15) is 26.4 Å². The van der Waals surface area contributed by atoms with Gasteiger partial charge in [0.05, 0.1) is 18.5 Å². The fourth-order valence-corrected chi connectivity index (χ4v) is 4.21. The molecule has 0 atom stereocenters. The van der Waals surface area contributed by atoms with Crippen LogP contribution in [0.4, 0.5) is 18.9 Å². The number of pyridine rings is 1. The molecule has 0 fully saturated rings. The van der Waals surface area contributed by atoms with Crippen molar-refractivity contribution < 1.29 is 26.4 Å². The molecule has 0 spiro atoms. The van der Waals surface area contributed by atoms with Crippen molar-refractivity contribution in [3.63, 3.8) is 0 Å². The Bertz CT molecular complexity index is 1280. The maximum Gasteiger partial charge on any atom is 0.433 e. The molecule has 1 heterocycles. The van der Waals surface area contributed by atoms with Gasteiger partial charge in [-0.05, 0) is 60.0 Å². The monoisotopic (exact) mass is 511 g/mol. The third-order valence-electron chi connectivity index (χ3n) is 5.08. The molecular weight excluding hydrogens is 491 g/mol. The zero-order valence-corrected chi connectivity index (χ0v) is 19.8. The van der Waals surface area contributed by atoms with Crippen molar-refractivity contribution >= 4 is 33.2 Å². The number of alkyl halides is 3. The first-order valence-electron chi connectivity index (χ1n) is 9.98. The summed E-state index contributed by atoms with van der Waals surface area (Å²) in [6, 6.07) is 13.3. The van der Waals surface area contributed by atoms with Crippen LogP contribution in [-0.2, 0) is 29.3 Å². The van der Waals surface area contributed by atoms with E-state index in [0.29, 0.717) is 16.3 Å². The average molecular weight is 512 g/mol. The van der Waals surface area contributed by atoms with Gasteiger partial charge in [-0.15, -0.1) is 0 Å². The van der Waals surface area contributed by atoms with Crippen LogP contribution < -0.4 is 9.62 Å². The number of hydrogen-bond acceptors (Lipinski definition) is 4. The second kappa shape index (κ2) is 10.0. The van der Waals surface area contributed by atoms with E-state index in [4.69, 9.17) is 11.6 Å². The van der Waals surface area contributed by atoms with Crippen LogP contribution in [0.15, 0.2) is 60.8 Å². The van der Waals surface area contributed by atoms with E-state index in [1.54, 1.807) is 25.1 Å². The van der Waals surface area contributed by atoms with Gasteiger partial charge < -0.3 is 5.32 Å². The Morgan fingerprint density at radius 1 is 1.09 bits per heavy atom. The first kappa shape index (κ1) is 25.5. The smallest absolute Gasteiger partial charge is 0.348 e. The van der Waals surface area contributed by atoms with Crippen LogP contribution in [0.2, 0.25) is 5.02 Å². The number of amides is 1. The Morgan fingerprint density at radius 2 is 1.76 bits per heavy atom. The molecule has 0 aliphatic heterocycles. The summed E-state index contributed by atoms with van der Waals surface area (Å²) in [6.07, 6.45) is -2.39. The van der Waals surface area contributed by atoms with Gasteiger partial charge in [0.25, 0.3) is 5.91 Å². The molecule has 6 nitrogen and oxygen atoms in total. The molecular formula is C23H21ClF3N3O3S. The normalized spacial score (nSPS) is 11.8. The van der Waals surface area contributed by atoms with Gasteiger partial charge in [0.2, 0.25) is 10.0 Å². The molecule has 0 aliphatic rings. The van der Waals surface area contributed by atoms with E-state index < -0.39 is 27.8 Å². The number of carbonyl (C=O) groups excluding carboxylic acids is 1. The Kier molecular flexibility index (Phi) is 7.52. The van der Waals surface area contributed by atoms with Crippen molar-refractivity contribution in [2.75, 3.05) is 10.6 Å². The quantitative estimate of drug-likeness (QED) is 0.486. The maximum atomic E-state index is 12.6. The Hall–Kier alpha value is -3.11. The van der Waals surface area contributed by atoms with Gasteiger partial charge in [0.15, 0.2) is 0 Å². The molecule has 11 heteroatoms. The van der Waals surface area contributed by atoms with Crippen LogP contribution in [0, 0.1) is 6.92 Å². The zero-order chi connectivity index (χ0) is 25.1. The van der Waals surface area contributed by atoms with E-state index in [-0.39, 0.29) is 18.7 Å². The number of halogens is 4. The molecule has 34 heavy (non-hydrogen) atoms. The van der Waals surface area contributed by atoms with Gasteiger partial charge in [-0.3, -0.25) is 14.1 Å². The Morgan fingerprint density at radius 3 is 2.32 bits per heavy atom. The lowest BCUT2D eigenvalue weighted by atomic mass is 10.1. The Balaban J connectivity index is 1.71. The number of nitrogens with zero attached hydrogens (tertiary/aromatic N) is 2. The van der Waals surface area contributed by atoms with Crippen LogP contribution >= 0.6 is 11.6 Å². The molecule has 3 rings (SSSR count). The number of nitrogens with one attached hydrogen (secondary N) is 1. The molecule has 2 aromatic carbocycles. The lowest BCUT2D eigenvalue weighted by molar-refractivity contribution is -0.141. The molecule has 0 aliphatic carbocycles. The molecule has 0 bridgehead atoms. The summed E-state index contributed by atoms with van der Waals surface area (Å²) in [5, 5.41) is 3.13. The second-order valence-corrected chi connectivity index (χ2v) is 9.89. The largest absolute Gasteiger partial charge is 0.433 e. The highest BCUT2D eigenvalue weighted by atomic mass is 35.5. The van der Waals surface area contributed by atoms with Crippen molar-refractivity contribution in [2.24, 2.45) is 0 Å². The van der Waals surface area contributed by atoms with Gasteiger partial charge >= 0.3 is 6.18 Å². The van der Waals surface area contributed by atoms with Crippen LogP contribution in [0.1, 0.15) is 32.7 Å². The second-order valence-electron chi connectivity index (χ2n) is 7.57. The van der Waals surface area contributed by atoms with Gasteiger partial charge in [0.1, 0.15) is 5.69 Å². The molecule has 0 saturated carbocycles. The van der Waals surface area contributed by atoms with Gasteiger partial charge in [-0.1, -0.05) is 29.8 Å². The minimum atomic E-state index is -4.53. The standard InChI is InChI=1S/C23H21ClF3N3O3S/c1-15-18(4-3-5-20(15)24)14-30(34(2,32)33)19-9-7-17(8-10-19)22(31)29-13-16-6-11-21(28-12-16)23(25,26)27/h3-12H,13-14H2,1-2H3,(H,29,31). The maximum absolute atomic E-state index is 12.6. The summed E-state index contributed by atoms with van der Waals surface area (Å²) in [4.78, 5) is 15.8. The van der Waals surface area contributed by atoms with Crippen LogP contribution in [-0.4, -0.2) is 25.6 Å². The molecule has 0 unspecified atom stereocenters. The number of anilines is 1.